The average Bonchev–Trinajstić information content (AvgIpc) is 1.52. The number of nitrogens with zero attached hydrogens (tertiary/aromatic N) is 2. The highest BCUT2D eigenvalue weighted by atomic mass is 15.2. The van der Waals surface area contributed by atoms with Crippen molar-refractivity contribution >= 4 is 34.1 Å². The summed E-state index contributed by atoms with van der Waals surface area (Å²) in [5, 5.41) is 0. The van der Waals surface area contributed by atoms with Gasteiger partial charge in [0.2, 0.25) is 0 Å². The van der Waals surface area contributed by atoms with Gasteiger partial charge in [0, 0.05) is 33.9 Å². The maximum Gasteiger partial charge on any atom is 0.0726 e. The van der Waals surface area contributed by atoms with E-state index in [-0.39, 0.29) is 0 Å². The molecule has 0 unspecified atom stereocenters. The summed E-state index contributed by atoms with van der Waals surface area (Å²) in [5.41, 5.74) is 36.1. The standard InChI is InChI=1S/C92H60N2/c1-3-21-61(22-4-1)65-45-53-69(54-46-65)93(87-39-19-37-85-89(87)77-29-11-17-35-83(77)91(85)79-31-13-7-25-73(79)74-26-8-14-32-80(74)91)71-57-49-67(50-58-71)63-41-43-64(44-42-63)68-51-59-72(60-52-68)94(70-55-47-66(48-56-70)62-23-5-2-6-24-62)88-40-20-38-86-90(88)78-30-12-18-36-84(78)92(86)81-33-15-9-27-75(81)76-28-10-16-34-82(76)92/h1-60H. The summed E-state index contributed by atoms with van der Waals surface area (Å²) < 4.78 is 0. The quantitative estimate of drug-likeness (QED) is 0.135. The van der Waals surface area contributed by atoms with Crippen molar-refractivity contribution in [2.75, 3.05) is 9.80 Å². The van der Waals surface area contributed by atoms with Crippen LogP contribution in [-0.4, -0.2) is 0 Å². The fraction of sp³-hybridized carbons (Fsp3) is 0.0217. The van der Waals surface area contributed by atoms with E-state index in [2.05, 4.69) is 374 Å². The van der Waals surface area contributed by atoms with Gasteiger partial charge in [0.1, 0.15) is 0 Å². The van der Waals surface area contributed by atoms with Crippen LogP contribution in [0.15, 0.2) is 364 Å². The van der Waals surface area contributed by atoms with E-state index in [1.54, 1.807) is 0 Å². The number of hydrogen-bond donors (Lipinski definition) is 0. The largest absolute Gasteiger partial charge is 0.310 e. The molecule has 15 aromatic carbocycles. The molecule has 0 radical (unpaired) electrons. The van der Waals surface area contributed by atoms with Crippen LogP contribution in [0, 0.1) is 0 Å². The lowest BCUT2D eigenvalue weighted by Gasteiger charge is -2.32. The minimum Gasteiger partial charge on any atom is -0.310 e. The van der Waals surface area contributed by atoms with Gasteiger partial charge in [-0.15, -0.1) is 0 Å². The number of anilines is 6. The van der Waals surface area contributed by atoms with Crippen LogP contribution < -0.4 is 9.80 Å². The first-order valence-corrected chi connectivity index (χ1v) is 32.7. The summed E-state index contributed by atoms with van der Waals surface area (Å²) in [6.07, 6.45) is 0. The van der Waals surface area contributed by atoms with Gasteiger partial charge in [-0.2, -0.15) is 0 Å². The van der Waals surface area contributed by atoms with E-state index in [1.807, 2.05) is 0 Å². The molecule has 0 heterocycles. The minimum absolute atomic E-state index is 0.455. The summed E-state index contributed by atoms with van der Waals surface area (Å²) in [6.45, 7) is 0. The summed E-state index contributed by atoms with van der Waals surface area (Å²) in [7, 11) is 0. The molecule has 4 aliphatic rings. The van der Waals surface area contributed by atoms with E-state index >= 15 is 0 Å². The lowest BCUT2D eigenvalue weighted by atomic mass is 9.70. The van der Waals surface area contributed by atoms with Crippen LogP contribution in [-0.2, 0) is 10.8 Å². The number of fused-ring (bicyclic) bond motifs is 20. The molecular formula is C92H60N2. The lowest BCUT2D eigenvalue weighted by Crippen LogP contribution is -2.26. The fourth-order valence-electron chi connectivity index (χ4n) is 16.8. The van der Waals surface area contributed by atoms with E-state index in [1.165, 1.54) is 111 Å². The van der Waals surface area contributed by atoms with Gasteiger partial charge in [-0.25, -0.2) is 0 Å². The molecule has 0 N–H and O–H groups in total. The first-order valence-electron chi connectivity index (χ1n) is 32.7. The first kappa shape index (κ1) is 53.7. The van der Waals surface area contributed by atoms with Gasteiger partial charge in [0.05, 0.1) is 22.2 Å². The van der Waals surface area contributed by atoms with Crippen molar-refractivity contribution in [2.24, 2.45) is 0 Å². The number of rotatable bonds is 10. The van der Waals surface area contributed by atoms with Crippen molar-refractivity contribution in [2.45, 2.75) is 10.8 Å². The monoisotopic (exact) mass is 1190 g/mol. The Morgan fingerprint density at radius 2 is 0.351 bits per heavy atom. The molecule has 19 rings (SSSR count). The molecule has 4 aliphatic carbocycles. The second-order valence-corrected chi connectivity index (χ2v) is 25.3. The van der Waals surface area contributed by atoms with Crippen LogP contribution in [0.2, 0.25) is 0 Å². The Morgan fingerprint density at radius 3 is 0.628 bits per heavy atom. The topological polar surface area (TPSA) is 6.48 Å². The highest BCUT2D eigenvalue weighted by molar-refractivity contribution is 6.03. The third-order valence-corrected chi connectivity index (χ3v) is 20.7. The second kappa shape index (κ2) is 21.2. The summed E-state index contributed by atoms with van der Waals surface area (Å²) >= 11 is 0. The molecule has 0 atom stereocenters. The molecule has 2 spiro atoms. The van der Waals surface area contributed by atoms with Crippen LogP contribution >= 0.6 is 0 Å². The molecule has 0 aromatic heterocycles. The highest BCUT2D eigenvalue weighted by Crippen LogP contribution is 2.67. The van der Waals surface area contributed by atoms with Crippen molar-refractivity contribution < 1.29 is 0 Å². The van der Waals surface area contributed by atoms with Gasteiger partial charge in [0.25, 0.3) is 0 Å². The van der Waals surface area contributed by atoms with Crippen LogP contribution in [0.1, 0.15) is 44.5 Å². The van der Waals surface area contributed by atoms with Crippen molar-refractivity contribution in [3.8, 4) is 89.0 Å². The predicted molar refractivity (Wildman–Crippen MR) is 390 cm³/mol. The summed E-state index contributed by atoms with van der Waals surface area (Å²) in [5.74, 6) is 0. The summed E-state index contributed by atoms with van der Waals surface area (Å²) in [4.78, 5) is 4.95. The fourth-order valence-corrected chi connectivity index (χ4v) is 16.8. The van der Waals surface area contributed by atoms with Crippen LogP contribution in [0.3, 0.4) is 0 Å². The third-order valence-electron chi connectivity index (χ3n) is 20.7. The summed E-state index contributed by atoms with van der Waals surface area (Å²) in [6, 6.07) is 135. The van der Waals surface area contributed by atoms with E-state index in [4.69, 9.17) is 0 Å². The Bertz CT molecular complexity index is 5020. The van der Waals surface area contributed by atoms with Crippen molar-refractivity contribution in [1.82, 2.24) is 0 Å². The Labute approximate surface area is 548 Å². The Kier molecular flexibility index (Phi) is 12.1. The molecule has 0 aliphatic heterocycles. The normalized spacial score (nSPS) is 13.3. The molecule has 94 heavy (non-hydrogen) atoms. The highest BCUT2D eigenvalue weighted by Gasteiger charge is 2.54. The van der Waals surface area contributed by atoms with Gasteiger partial charge in [-0.1, -0.05) is 303 Å². The molecule has 0 saturated carbocycles. The van der Waals surface area contributed by atoms with Crippen LogP contribution in [0.5, 0.6) is 0 Å². The smallest absolute Gasteiger partial charge is 0.0726 e. The van der Waals surface area contributed by atoms with Crippen LogP contribution in [0.4, 0.5) is 34.1 Å². The van der Waals surface area contributed by atoms with Crippen molar-refractivity contribution in [3.63, 3.8) is 0 Å². The van der Waals surface area contributed by atoms with E-state index in [0.29, 0.717) is 0 Å². The molecule has 15 aromatic rings. The molecule has 0 bridgehead atoms. The molecule has 438 valence electrons. The van der Waals surface area contributed by atoms with Crippen molar-refractivity contribution in [1.29, 1.82) is 0 Å². The molecule has 0 saturated heterocycles. The molecule has 2 heteroatoms. The zero-order valence-corrected chi connectivity index (χ0v) is 51.5. The van der Waals surface area contributed by atoms with Gasteiger partial charge in [-0.05, 0) is 183 Å². The zero-order chi connectivity index (χ0) is 61.9. The van der Waals surface area contributed by atoms with Gasteiger partial charge in [-0.3, -0.25) is 0 Å². The van der Waals surface area contributed by atoms with E-state index in [9.17, 15) is 0 Å². The Balaban J connectivity index is 0.683. The number of hydrogen-bond acceptors (Lipinski definition) is 2. The maximum absolute atomic E-state index is 2.47. The minimum atomic E-state index is -0.455. The van der Waals surface area contributed by atoms with Gasteiger partial charge < -0.3 is 9.80 Å². The molecule has 0 amide bonds. The average molecular weight is 1190 g/mol. The van der Waals surface area contributed by atoms with Gasteiger partial charge >= 0.3 is 0 Å². The SMILES string of the molecule is c1ccc(-c2ccc(N(c3ccc(-c4ccc(-c5ccc(N(c6ccc(-c7ccccc7)cc6)c6cccc7c6-c6ccccc6C76c7ccccc7-c7ccccc76)cc5)cc4)cc3)c3cccc4c3-c3ccccc3C43c4ccccc4-c4ccccc43)cc2)cc1. The van der Waals surface area contributed by atoms with E-state index < -0.39 is 10.8 Å². The second-order valence-electron chi connectivity index (χ2n) is 25.3. The predicted octanol–water partition coefficient (Wildman–Crippen LogP) is 24.0. The first-order chi connectivity index (χ1) is 46.6. The Hall–Kier alpha value is -12.1. The van der Waals surface area contributed by atoms with Crippen LogP contribution in [0.25, 0.3) is 89.0 Å². The lowest BCUT2D eigenvalue weighted by molar-refractivity contribution is 0.794. The molecular weight excluding hydrogens is 1130 g/mol. The Morgan fingerprint density at radius 1 is 0.149 bits per heavy atom. The van der Waals surface area contributed by atoms with Crippen molar-refractivity contribution in [3.05, 3.63) is 408 Å². The molecule has 0 fully saturated rings. The molecule has 2 nitrogen and oxygen atoms in total. The van der Waals surface area contributed by atoms with E-state index in [0.717, 1.165) is 56.4 Å². The van der Waals surface area contributed by atoms with Gasteiger partial charge in [0.15, 0.2) is 0 Å². The third kappa shape index (κ3) is 7.84. The zero-order valence-electron chi connectivity index (χ0n) is 51.5. The maximum atomic E-state index is 2.47. The number of benzene rings is 15.